The minimum absolute atomic E-state index is 0.00838. The lowest BCUT2D eigenvalue weighted by atomic mass is 9.98. The van der Waals surface area contributed by atoms with Gasteiger partial charge in [-0.15, -0.1) is 0 Å². The average Bonchev–Trinajstić information content (AvgIpc) is 2.18. The number of Topliss-reactive ketones (excluding diaryl/α,β-unsaturated/α-hetero) is 1. The summed E-state index contributed by atoms with van der Waals surface area (Å²) in [6.07, 6.45) is 0.731. The van der Waals surface area contributed by atoms with E-state index in [0.29, 0.717) is 12.1 Å². The van der Waals surface area contributed by atoms with Crippen LogP contribution in [0.25, 0.3) is 0 Å². The molecule has 0 fully saturated rings. The second-order valence-electron chi connectivity index (χ2n) is 3.31. The molecule has 1 aromatic carbocycles. The number of allylic oxidation sites excluding steroid dienone is 1. The molecule has 0 aromatic heterocycles. The number of nitrogens with two attached hydrogens (primary N) is 1. The van der Waals surface area contributed by atoms with E-state index in [1.807, 2.05) is 24.3 Å². The van der Waals surface area contributed by atoms with Crippen LogP contribution in [0.15, 0.2) is 36.4 Å². The van der Waals surface area contributed by atoms with Crippen LogP contribution in [-0.4, -0.2) is 12.3 Å². The summed E-state index contributed by atoms with van der Waals surface area (Å²) < 4.78 is 0. The predicted molar refractivity (Wildman–Crippen MR) is 58.3 cm³/mol. The van der Waals surface area contributed by atoms with E-state index in [1.165, 1.54) is 0 Å². The molecule has 0 heterocycles. The van der Waals surface area contributed by atoms with Gasteiger partial charge in [0.05, 0.1) is 0 Å². The average molecular weight is 189 g/mol. The standard InChI is InChI=1S/C12H15NO/c1-9(2)12(14)11-6-4-3-5-10(11)7-8-13/h3-6H,1,7-8,13H2,2H3. The second-order valence-corrected chi connectivity index (χ2v) is 3.31. The minimum Gasteiger partial charge on any atom is -0.330 e. The molecular formula is C12H15NO. The summed E-state index contributed by atoms with van der Waals surface area (Å²) in [7, 11) is 0. The van der Waals surface area contributed by atoms with Crippen molar-refractivity contribution in [1.29, 1.82) is 0 Å². The molecule has 0 unspecified atom stereocenters. The van der Waals surface area contributed by atoms with Gasteiger partial charge in [0.25, 0.3) is 0 Å². The third-order valence-electron chi connectivity index (χ3n) is 2.06. The molecule has 2 nitrogen and oxygen atoms in total. The van der Waals surface area contributed by atoms with E-state index in [9.17, 15) is 4.79 Å². The first-order chi connectivity index (χ1) is 6.66. The normalized spacial score (nSPS) is 9.86. The van der Waals surface area contributed by atoms with Crippen LogP contribution < -0.4 is 5.73 Å². The van der Waals surface area contributed by atoms with Crippen LogP contribution in [0, 0.1) is 0 Å². The van der Waals surface area contributed by atoms with Gasteiger partial charge in [-0.1, -0.05) is 30.8 Å². The maximum atomic E-state index is 11.7. The van der Waals surface area contributed by atoms with Crippen molar-refractivity contribution in [2.75, 3.05) is 6.54 Å². The Hall–Kier alpha value is -1.41. The van der Waals surface area contributed by atoms with E-state index in [0.717, 1.165) is 17.5 Å². The van der Waals surface area contributed by atoms with Gasteiger partial charge in [-0.2, -0.15) is 0 Å². The number of rotatable bonds is 4. The first-order valence-corrected chi connectivity index (χ1v) is 4.65. The number of benzene rings is 1. The van der Waals surface area contributed by atoms with Gasteiger partial charge < -0.3 is 5.73 Å². The van der Waals surface area contributed by atoms with Crippen molar-refractivity contribution < 1.29 is 4.79 Å². The van der Waals surface area contributed by atoms with E-state index in [-0.39, 0.29) is 5.78 Å². The summed E-state index contributed by atoms with van der Waals surface area (Å²) in [5.74, 6) is 0.00838. The molecule has 2 N–H and O–H groups in total. The quantitative estimate of drug-likeness (QED) is 0.581. The lowest BCUT2D eigenvalue weighted by Crippen LogP contribution is -2.09. The highest BCUT2D eigenvalue weighted by molar-refractivity contribution is 6.08. The van der Waals surface area contributed by atoms with Crippen molar-refractivity contribution >= 4 is 5.78 Å². The molecule has 0 saturated carbocycles. The molecule has 14 heavy (non-hydrogen) atoms. The van der Waals surface area contributed by atoms with Gasteiger partial charge in [0, 0.05) is 5.56 Å². The highest BCUT2D eigenvalue weighted by atomic mass is 16.1. The third-order valence-corrected chi connectivity index (χ3v) is 2.06. The smallest absolute Gasteiger partial charge is 0.188 e. The topological polar surface area (TPSA) is 43.1 Å². The van der Waals surface area contributed by atoms with Gasteiger partial charge in [0.15, 0.2) is 5.78 Å². The van der Waals surface area contributed by atoms with Gasteiger partial charge in [-0.05, 0) is 31.0 Å². The second kappa shape index (κ2) is 4.72. The van der Waals surface area contributed by atoms with Crippen LogP contribution >= 0.6 is 0 Å². The maximum absolute atomic E-state index is 11.7. The van der Waals surface area contributed by atoms with Crippen LogP contribution in [-0.2, 0) is 6.42 Å². The lowest BCUT2D eigenvalue weighted by molar-refractivity contribution is 0.103. The summed E-state index contributed by atoms with van der Waals surface area (Å²) >= 11 is 0. The molecule has 0 radical (unpaired) electrons. The largest absolute Gasteiger partial charge is 0.330 e. The fourth-order valence-electron chi connectivity index (χ4n) is 1.35. The zero-order valence-corrected chi connectivity index (χ0v) is 8.42. The fourth-order valence-corrected chi connectivity index (χ4v) is 1.35. The van der Waals surface area contributed by atoms with E-state index in [4.69, 9.17) is 5.73 Å². The SMILES string of the molecule is C=C(C)C(=O)c1ccccc1CCN. The number of hydrogen-bond donors (Lipinski definition) is 1. The summed E-state index contributed by atoms with van der Waals surface area (Å²) in [6.45, 7) is 5.93. The monoisotopic (exact) mass is 189 g/mol. The number of ketones is 1. The summed E-state index contributed by atoms with van der Waals surface area (Å²) in [5.41, 5.74) is 7.77. The van der Waals surface area contributed by atoms with Gasteiger partial charge >= 0.3 is 0 Å². The molecule has 0 atom stereocenters. The Balaban J connectivity index is 3.06. The van der Waals surface area contributed by atoms with Crippen LogP contribution in [0.1, 0.15) is 22.8 Å². The number of carbonyl (C=O) groups excluding carboxylic acids is 1. The third kappa shape index (κ3) is 2.30. The molecular weight excluding hydrogens is 174 g/mol. The van der Waals surface area contributed by atoms with Gasteiger partial charge in [-0.3, -0.25) is 4.79 Å². The molecule has 0 saturated heterocycles. The van der Waals surface area contributed by atoms with Crippen LogP contribution in [0.5, 0.6) is 0 Å². The van der Waals surface area contributed by atoms with Crippen molar-refractivity contribution in [3.8, 4) is 0 Å². The molecule has 0 aliphatic rings. The van der Waals surface area contributed by atoms with Crippen molar-refractivity contribution in [3.05, 3.63) is 47.5 Å². The summed E-state index contributed by atoms with van der Waals surface area (Å²) in [5, 5.41) is 0. The lowest BCUT2D eigenvalue weighted by Gasteiger charge is -2.06. The Labute approximate surface area is 84.4 Å². The number of carbonyl (C=O) groups is 1. The molecule has 0 aliphatic carbocycles. The Morgan fingerprint density at radius 3 is 2.64 bits per heavy atom. The predicted octanol–water partition coefficient (Wildman–Crippen LogP) is 1.95. The molecule has 1 aromatic rings. The highest BCUT2D eigenvalue weighted by Gasteiger charge is 2.10. The van der Waals surface area contributed by atoms with Crippen molar-refractivity contribution in [3.63, 3.8) is 0 Å². The zero-order valence-electron chi connectivity index (χ0n) is 8.42. The van der Waals surface area contributed by atoms with Gasteiger partial charge in [-0.25, -0.2) is 0 Å². The Kier molecular flexibility index (Phi) is 3.60. The van der Waals surface area contributed by atoms with E-state index in [2.05, 4.69) is 6.58 Å². The molecule has 0 spiro atoms. The highest BCUT2D eigenvalue weighted by Crippen LogP contribution is 2.13. The Bertz CT molecular complexity index is 355. The van der Waals surface area contributed by atoms with Gasteiger partial charge in [0.1, 0.15) is 0 Å². The van der Waals surface area contributed by atoms with E-state index in [1.54, 1.807) is 6.92 Å². The molecule has 2 heteroatoms. The zero-order chi connectivity index (χ0) is 10.6. The van der Waals surface area contributed by atoms with Crippen molar-refractivity contribution in [1.82, 2.24) is 0 Å². The molecule has 0 bridgehead atoms. The van der Waals surface area contributed by atoms with E-state index >= 15 is 0 Å². The molecule has 1 rings (SSSR count). The molecule has 74 valence electrons. The molecule has 0 amide bonds. The Morgan fingerprint density at radius 1 is 1.43 bits per heavy atom. The number of hydrogen-bond acceptors (Lipinski definition) is 2. The Morgan fingerprint density at radius 2 is 2.07 bits per heavy atom. The molecule has 0 aliphatic heterocycles. The first-order valence-electron chi connectivity index (χ1n) is 4.65. The van der Waals surface area contributed by atoms with Crippen LogP contribution in [0.4, 0.5) is 0 Å². The fraction of sp³-hybridized carbons (Fsp3) is 0.250. The summed E-state index contributed by atoms with van der Waals surface area (Å²) in [6, 6.07) is 7.53. The van der Waals surface area contributed by atoms with Crippen molar-refractivity contribution in [2.24, 2.45) is 5.73 Å². The van der Waals surface area contributed by atoms with Crippen molar-refractivity contribution in [2.45, 2.75) is 13.3 Å². The summed E-state index contributed by atoms with van der Waals surface area (Å²) in [4.78, 5) is 11.7. The van der Waals surface area contributed by atoms with Crippen LogP contribution in [0.3, 0.4) is 0 Å². The first kappa shape index (κ1) is 10.7. The van der Waals surface area contributed by atoms with Crippen LogP contribution in [0.2, 0.25) is 0 Å². The van der Waals surface area contributed by atoms with E-state index < -0.39 is 0 Å². The van der Waals surface area contributed by atoms with Gasteiger partial charge in [0.2, 0.25) is 0 Å². The maximum Gasteiger partial charge on any atom is 0.188 e. The minimum atomic E-state index is 0.00838.